The first-order chi connectivity index (χ1) is 7.99. The fraction of sp³-hybridized carbons (Fsp3) is 0.417. The van der Waals surface area contributed by atoms with Crippen molar-refractivity contribution in [3.8, 4) is 0 Å². The average Bonchev–Trinajstić information content (AvgIpc) is 2.28. The molecule has 0 spiro atoms. The Morgan fingerprint density at radius 1 is 1.41 bits per heavy atom. The van der Waals surface area contributed by atoms with E-state index in [0.717, 1.165) is 0 Å². The molecule has 0 aromatic heterocycles. The summed E-state index contributed by atoms with van der Waals surface area (Å²) in [7, 11) is 0. The Hall–Kier alpha value is -0.910. The van der Waals surface area contributed by atoms with Crippen molar-refractivity contribution in [1.29, 1.82) is 0 Å². The van der Waals surface area contributed by atoms with Crippen molar-refractivity contribution in [1.82, 2.24) is 0 Å². The third-order valence-corrected chi connectivity index (χ3v) is 3.08. The number of carbonyl (C=O) groups is 1. The minimum Gasteiger partial charge on any atom is -0.478 e. The summed E-state index contributed by atoms with van der Waals surface area (Å²) >= 11 is 3.17. The predicted molar refractivity (Wildman–Crippen MR) is 67.5 cm³/mol. The first-order valence-corrected chi connectivity index (χ1v) is 6.36. The highest BCUT2D eigenvalue weighted by molar-refractivity contribution is 9.09. The number of halogens is 1. The zero-order valence-electron chi connectivity index (χ0n) is 9.43. The molecule has 0 aliphatic heterocycles. The highest BCUT2D eigenvalue weighted by atomic mass is 79.9. The lowest BCUT2D eigenvalue weighted by Gasteiger charge is -2.20. The number of alkyl halides is 1. The van der Waals surface area contributed by atoms with Crippen LogP contribution in [0.2, 0.25) is 0 Å². The first-order valence-electron chi connectivity index (χ1n) is 5.24. The molecular weight excluding hydrogens is 288 g/mol. The van der Waals surface area contributed by atoms with Gasteiger partial charge in [0.05, 0.1) is 11.7 Å². The van der Waals surface area contributed by atoms with Gasteiger partial charge >= 0.3 is 5.97 Å². The van der Waals surface area contributed by atoms with Crippen LogP contribution in [-0.2, 0) is 0 Å². The maximum absolute atomic E-state index is 11.1. The molecule has 0 radical (unpaired) electrons. The van der Waals surface area contributed by atoms with Gasteiger partial charge in [-0.3, -0.25) is 0 Å². The van der Waals surface area contributed by atoms with Crippen LogP contribution in [0.5, 0.6) is 0 Å². The number of benzene rings is 1. The number of hydrogen-bond donors (Lipinski definition) is 3. The molecule has 4 nitrogen and oxygen atoms in total. The second-order valence-electron chi connectivity index (χ2n) is 3.83. The number of aliphatic hydroxyl groups is 2. The maximum atomic E-state index is 11.1. The number of aliphatic hydroxyl groups excluding tert-OH is 2. The molecule has 3 N–H and O–H groups in total. The lowest BCUT2D eigenvalue weighted by atomic mass is 9.93. The van der Waals surface area contributed by atoms with E-state index < -0.39 is 18.2 Å². The third kappa shape index (κ3) is 3.28. The van der Waals surface area contributed by atoms with Crippen LogP contribution in [0, 0.1) is 6.92 Å². The van der Waals surface area contributed by atoms with Gasteiger partial charge in [-0.25, -0.2) is 4.79 Å². The van der Waals surface area contributed by atoms with Crippen LogP contribution in [0.3, 0.4) is 0 Å². The Morgan fingerprint density at radius 3 is 2.59 bits per heavy atom. The van der Waals surface area contributed by atoms with Crippen LogP contribution in [0.15, 0.2) is 18.2 Å². The van der Waals surface area contributed by atoms with E-state index in [1.807, 2.05) is 0 Å². The Balaban J connectivity index is 3.15. The fourth-order valence-electron chi connectivity index (χ4n) is 1.72. The average molecular weight is 303 g/mol. The van der Waals surface area contributed by atoms with E-state index in [2.05, 4.69) is 15.9 Å². The standard InChI is InChI=1S/C12H15BrO4/c1-7-3-2-4-8(12(16)17)10(7)11(15)9(14)5-6-13/h2-4,9,11,14-15H,5-6H2,1H3,(H,16,17). The van der Waals surface area contributed by atoms with Crippen molar-refractivity contribution in [3.05, 3.63) is 34.9 Å². The lowest BCUT2D eigenvalue weighted by Crippen LogP contribution is -2.22. The van der Waals surface area contributed by atoms with Crippen molar-refractivity contribution < 1.29 is 20.1 Å². The molecule has 2 unspecified atom stereocenters. The summed E-state index contributed by atoms with van der Waals surface area (Å²) in [5.41, 5.74) is 0.977. The molecule has 0 fully saturated rings. The molecule has 1 rings (SSSR count). The maximum Gasteiger partial charge on any atom is 0.336 e. The molecule has 2 atom stereocenters. The zero-order valence-corrected chi connectivity index (χ0v) is 11.0. The molecule has 0 amide bonds. The SMILES string of the molecule is Cc1cccc(C(=O)O)c1C(O)C(O)CCBr. The van der Waals surface area contributed by atoms with Crippen molar-refractivity contribution in [3.63, 3.8) is 0 Å². The van der Waals surface area contributed by atoms with Crippen molar-refractivity contribution >= 4 is 21.9 Å². The van der Waals surface area contributed by atoms with E-state index >= 15 is 0 Å². The number of carboxylic acids is 1. The number of rotatable bonds is 5. The largest absolute Gasteiger partial charge is 0.478 e. The van der Waals surface area contributed by atoms with Crippen LogP contribution in [0.4, 0.5) is 0 Å². The second kappa shape index (κ2) is 6.14. The highest BCUT2D eigenvalue weighted by Gasteiger charge is 2.24. The summed E-state index contributed by atoms with van der Waals surface area (Å²) in [6.45, 7) is 1.71. The van der Waals surface area contributed by atoms with Crippen molar-refractivity contribution in [2.75, 3.05) is 5.33 Å². The van der Waals surface area contributed by atoms with E-state index in [0.29, 0.717) is 17.3 Å². The summed E-state index contributed by atoms with van der Waals surface area (Å²) in [6, 6.07) is 4.76. The molecule has 5 heteroatoms. The van der Waals surface area contributed by atoms with E-state index in [9.17, 15) is 15.0 Å². The molecule has 17 heavy (non-hydrogen) atoms. The number of aryl methyl sites for hydroxylation is 1. The molecule has 0 saturated heterocycles. The van der Waals surface area contributed by atoms with Crippen LogP contribution < -0.4 is 0 Å². The van der Waals surface area contributed by atoms with E-state index in [-0.39, 0.29) is 11.1 Å². The lowest BCUT2D eigenvalue weighted by molar-refractivity contribution is 0.0160. The van der Waals surface area contributed by atoms with Gasteiger partial charge in [0.2, 0.25) is 0 Å². The summed E-state index contributed by atoms with van der Waals surface area (Å²) < 4.78 is 0. The molecule has 94 valence electrons. The van der Waals surface area contributed by atoms with E-state index in [1.165, 1.54) is 6.07 Å². The first kappa shape index (κ1) is 14.2. The molecule has 1 aromatic carbocycles. The third-order valence-electron chi connectivity index (χ3n) is 2.62. The summed E-state index contributed by atoms with van der Waals surface area (Å²) in [5.74, 6) is -1.10. The van der Waals surface area contributed by atoms with Crippen molar-refractivity contribution in [2.45, 2.75) is 25.6 Å². The van der Waals surface area contributed by atoms with Crippen LogP contribution in [0.25, 0.3) is 0 Å². The molecule has 0 heterocycles. The normalized spacial score (nSPS) is 14.4. The van der Waals surface area contributed by atoms with Gasteiger partial charge in [0.1, 0.15) is 6.10 Å². The Kier molecular flexibility index (Phi) is 5.11. The quantitative estimate of drug-likeness (QED) is 0.726. The highest BCUT2D eigenvalue weighted by Crippen LogP contribution is 2.26. The minimum absolute atomic E-state index is 0.0334. The van der Waals surface area contributed by atoms with E-state index in [4.69, 9.17) is 5.11 Å². The Morgan fingerprint density at radius 2 is 2.06 bits per heavy atom. The summed E-state index contributed by atoms with van der Waals surface area (Å²) in [5, 5.41) is 29.3. The second-order valence-corrected chi connectivity index (χ2v) is 4.62. The van der Waals surface area contributed by atoms with Gasteiger partial charge in [0.25, 0.3) is 0 Å². The van der Waals surface area contributed by atoms with Crippen LogP contribution in [-0.4, -0.2) is 32.7 Å². The molecule has 1 aromatic rings. The fourth-order valence-corrected chi connectivity index (χ4v) is 2.19. The molecule has 0 aliphatic carbocycles. The summed E-state index contributed by atoms with van der Waals surface area (Å²) in [4.78, 5) is 11.1. The predicted octanol–water partition coefficient (Wildman–Crippen LogP) is 1.87. The molecule has 0 saturated carbocycles. The van der Waals surface area contributed by atoms with Gasteiger partial charge in [-0.2, -0.15) is 0 Å². The Labute approximate surface area is 108 Å². The van der Waals surface area contributed by atoms with E-state index in [1.54, 1.807) is 19.1 Å². The van der Waals surface area contributed by atoms with Gasteiger partial charge in [-0.15, -0.1) is 0 Å². The van der Waals surface area contributed by atoms with Gasteiger partial charge < -0.3 is 15.3 Å². The number of aromatic carboxylic acids is 1. The van der Waals surface area contributed by atoms with Gasteiger partial charge in [0.15, 0.2) is 0 Å². The zero-order chi connectivity index (χ0) is 13.0. The van der Waals surface area contributed by atoms with Gasteiger partial charge in [-0.05, 0) is 25.0 Å². The summed E-state index contributed by atoms with van der Waals surface area (Å²) in [6.07, 6.45) is -1.80. The monoisotopic (exact) mass is 302 g/mol. The Bertz CT molecular complexity index is 405. The van der Waals surface area contributed by atoms with Gasteiger partial charge in [-0.1, -0.05) is 28.1 Å². The van der Waals surface area contributed by atoms with Crippen molar-refractivity contribution in [2.24, 2.45) is 0 Å². The molecule has 0 bridgehead atoms. The number of carboxylic acid groups (broad SMARTS) is 1. The van der Waals surface area contributed by atoms with Gasteiger partial charge in [0, 0.05) is 10.9 Å². The van der Waals surface area contributed by atoms with Crippen LogP contribution in [0.1, 0.15) is 34.0 Å². The van der Waals surface area contributed by atoms with Crippen LogP contribution >= 0.6 is 15.9 Å². The molecule has 0 aliphatic rings. The topological polar surface area (TPSA) is 77.8 Å². The smallest absolute Gasteiger partial charge is 0.336 e. The molecular formula is C12H15BrO4. The minimum atomic E-state index is -1.18. The number of hydrogen-bond acceptors (Lipinski definition) is 3.